The number of phenolic OH excluding ortho intramolecular Hbond substituents is 1. The summed E-state index contributed by atoms with van der Waals surface area (Å²) < 4.78 is 13.6. The molecule has 0 amide bonds. The van der Waals surface area contributed by atoms with E-state index in [1.165, 1.54) is 28.0 Å². The first-order chi connectivity index (χ1) is 15.6. The van der Waals surface area contributed by atoms with E-state index in [9.17, 15) is 9.50 Å². The molecule has 3 aromatic rings. The van der Waals surface area contributed by atoms with E-state index in [1.54, 1.807) is 18.2 Å². The molecule has 3 aromatic carbocycles. The van der Waals surface area contributed by atoms with Gasteiger partial charge in [0, 0.05) is 37.3 Å². The molecule has 6 rings (SSSR count). The van der Waals surface area contributed by atoms with E-state index >= 15 is 0 Å². The predicted molar refractivity (Wildman–Crippen MR) is 127 cm³/mol. The molecule has 0 unspecified atom stereocenters. The van der Waals surface area contributed by atoms with Crippen molar-refractivity contribution in [2.75, 3.05) is 31.1 Å². The van der Waals surface area contributed by atoms with Crippen LogP contribution in [-0.2, 0) is 6.42 Å². The molecule has 2 heterocycles. The molecular formula is C28H27FN2O. The maximum atomic E-state index is 13.6. The van der Waals surface area contributed by atoms with Crippen LogP contribution < -0.4 is 10.2 Å². The Morgan fingerprint density at radius 1 is 0.844 bits per heavy atom. The van der Waals surface area contributed by atoms with Gasteiger partial charge in [-0.05, 0) is 89.1 Å². The molecule has 2 aliphatic heterocycles. The third-order valence-corrected chi connectivity index (χ3v) is 7.30. The number of nitrogens with one attached hydrogen (secondary N) is 1. The number of fused-ring (bicyclic) bond motifs is 1. The first-order valence-electron chi connectivity index (χ1n) is 11.5. The van der Waals surface area contributed by atoms with E-state index < -0.39 is 0 Å². The lowest BCUT2D eigenvalue weighted by Gasteiger charge is -2.57. The zero-order valence-electron chi connectivity index (χ0n) is 18.1. The van der Waals surface area contributed by atoms with E-state index in [0.29, 0.717) is 11.2 Å². The third-order valence-electron chi connectivity index (χ3n) is 7.30. The highest BCUT2D eigenvalue weighted by atomic mass is 19.1. The SMILES string of the molecule is Oc1ccc2c(c1)CCCC(c1ccc(F)cc1)=C2c1ccc(N2CC3(CNC3)C2)cc1. The van der Waals surface area contributed by atoms with E-state index in [1.807, 2.05) is 24.3 Å². The van der Waals surface area contributed by atoms with Gasteiger partial charge in [-0.1, -0.05) is 30.3 Å². The Hall–Kier alpha value is -3.11. The molecule has 3 nitrogen and oxygen atoms in total. The number of halogens is 1. The van der Waals surface area contributed by atoms with Gasteiger partial charge in [-0.15, -0.1) is 0 Å². The number of anilines is 1. The maximum absolute atomic E-state index is 13.6. The number of nitrogens with zero attached hydrogens (tertiary/aromatic N) is 1. The number of rotatable bonds is 3. The molecular weight excluding hydrogens is 399 g/mol. The van der Waals surface area contributed by atoms with Crippen LogP contribution in [0.1, 0.15) is 35.1 Å². The number of hydrogen-bond acceptors (Lipinski definition) is 3. The number of aromatic hydroxyl groups is 1. The van der Waals surface area contributed by atoms with Crippen LogP contribution in [0.5, 0.6) is 5.75 Å². The van der Waals surface area contributed by atoms with Crippen LogP contribution in [0.2, 0.25) is 0 Å². The first-order valence-corrected chi connectivity index (χ1v) is 11.5. The summed E-state index contributed by atoms with van der Waals surface area (Å²) in [6, 6.07) is 21.5. The van der Waals surface area contributed by atoms with Crippen molar-refractivity contribution in [2.45, 2.75) is 19.3 Å². The fourth-order valence-corrected chi connectivity index (χ4v) is 5.53. The Kier molecular flexibility index (Phi) is 4.58. The minimum Gasteiger partial charge on any atom is -0.508 e. The second kappa shape index (κ2) is 7.49. The maximum Gasteiger partial charge on any atom is 0.123 e. The Balaban J connectivity index is 1.43. The van der Waals surface area contributed by atoms with Crippen molar-refractivity contribution < 1.29 is 9.50 Å². The van der Waals surface area contributed by atoms with Gasteiger partial charge in [0.05, 0.1) is 0 Å². The van der Waals surface area contributed by atoms with E-state index in [-0.39, 0.29) is 5.82 Å². The van der Waals surface area contributed by atoms with Gasteiger partial charge in [-0.3, -0.25) is 0 Å². The molecule has 2 fully saturated rings. The summed E-state index contributed by atoms with van der Waals surface area (Å²) in [4.78, 5) is 2.46. The van der Waals surface area contributed by atoms with Gasteiger partial charge in [-0.25, -0.2) is 4.39 Å². The fraction of sp³-hybridized carbons (Fsp3) is 0.286. The monoisotopic (exact) mass is 426 g/mol. The topological polar surface area (TPSA) is 35.5 Å². The van der Waals surface area contributed by atoms with Crippen LogP contribution in [0.15, 0.2) is 66.7 Å². The normalized spacial score (nSPS) is 19.2. The van der Waals surface area contributed by atoms with Crippen molar-refractivity contribution in [1.29, 1.82) is 0 Å². The second-order valence-electron chi connectivity index (χ2n) is 9.56. The Morgan fingerprint density at radius 3 is 2.25 bits per heavy atom. The van der Waals surface area contributed by atoms with E-state index in [0.717, 1.165) is 56.6 Å². The number of phenols is 1. The molecule has 32 heavy (non-hydrogen) atoms. The molecule has 0 atom stereocenters. The second-order valence-corrected chi connectivity index (χ2v) is 9.56. The van der Waals surface area contributed by atoms with E-state index in [4.69, 9.17) is 0 Å². The van der Waals surface area contributed by atoms with Crippen molar-refractivity contribution in [3.05, 3.63) is 94.8 Å². The number of benzene rings is 3. The summed E-state index contributed by atoms with van der Waals surface area (Å²) >= 11 is 0. The Morgan fingerprint density at radius 2 is 1.56 bits per heavy atom. The smallest absolute Gasteiger partial charge is 0.123 e. The van der Waals surface area contributed by atoms with Gasteiger partial charge in [0.2, 0.25) is 0 Å². The number of aryl methyl sites for hydroxylation is 1. The summed E-state index contributed by atoms with van der Waals surface area (Å²) in [7, 11) is 0. The van der Waals surface area contributed by atoms with Crippen LogP contribution in [0.4, 0.5) is 10.1 Å². The summed E-state index contributed by atoms with van der Waals surface area (Å²) in [5, 5.41) is 13.5. The highest BCUT2D eigenvalue weighted by molar-refractivity contribution is 6.00. The Labute approximate surface area is 188 Å². The minimum absolute atomic E-state index is 0.215. The predicted octanol–water partition coefficient (Wildman–Crippen LogP) is 5.24. The van der Waals surface area contributed by atoms with Gasteiger partial charge >= 0.3 is 0 Å². The quantitative estimate of drug-likeness (QED) is 0.602. The lowest BCUT2D eigenvalue weighted by Crippen LogP contribution is -2.71. The molecule has 4 heteroatoms. The standard InChI is InChI=1S/C28H27FN2O/c29-22-8-4-19(5-9-22)25-3-1-2-21-14-24(32)12-13-26(21)27(25)20-6-10-23(11-7-20)31-17-28(18-31)15-30-16-28/h4-14,30,32H,1-3,15-18H2. The van der Waals surface area contributed by atoms with Crippen molar-refractivity contribution in [3.63, 3.8) is 0 Å². The average Bonchev–Trinajstić information content (AvgIpc) is 2.92. The van der Waals surface area contributed by atoms with Gasteiger partial charge in [0.25, 0.3) is 0 Å². The van der Waals surface area contributed by atoms with Crippen molar-refractivity contribution in [2.24, 2.45) is 5.41 Å². The van der Waals surface area contributed by atoms with E-state index in [2.05, 4.69) is 34.5 Å². The zero-order chi connectivity index (χ0) is 21.7. The summed E-state index contributed by atoms with van der Waals surface area (Å²) in [6.45, 7) is 4.54. The molecule has 0 saturated carbocycles. The van der Waals surface area contributed by atoms with Gasteiger partial charge in [-0.2, -0.15) is 0 Å². The number of allylic oxidation sites excluding steroid dienone is 1. The Bertz CT molecular complexity index is 1190. The lowest BCUT2D eigenvalue weighted by atomic mass is 9.74. The summed E-state index contributed by atoms with van der Waals surface area (Å²) in [5.41, 5.74) is 8.77. The molecule has 1 aliphatic carbocycles. The molecule has 3 aliphatic rings. The van der Waals surface area contributed by atoms with Crippen LogP contribution in [0.3, 0.4) is 0 Å². The van der Waals surface area contributed by atoms with Gasteiger partial charge in [0.1, 0.15) is 11.6 Å². The third kappa shape index (κ3) is 3.30. The molecule has 2 saturated heterocycles. The molecule has 0 bridgehead atoms. The number of hydrogen-bond donors (Lipinski definition) is 2. The summed E-state index contributed by atoms with van der Waals surface area (Å²) in [5.74, 6) is 0.0917. The van der Waals surface area contributed by atoms with Crippen molar-refractivity contribution in [3.8, 4) is 5.75 Å². The highest BCUT2D eigenvalue weighted by Crippen LogP contribution is 2.42. The first kappa shape index (κ1) is 19.6. The van der Waals surface area contributed by atoms with Crippen LogP contribution >= 0.6 is 0 Å². The minimum atomic E-state index is -0.215. The molecule has 0 aromatic heterocycles. The molecule has 1 spiro atoms. The molecule has 162 valence electrons. The van der Waals surface area contributed by atoms with Crippen molar-refractivity contribution >= 4 is 16.8 Å². The van der Waals surface area contributed by atoms with Crippen molar-refractivity contribution in [1.82, 2.24) is 5.32 Å². The van der Waals surface area contributed by atoms with Crippen LogP contribution in [-0.4, -0.2) is 31.3 Å². The fourth-order valence-electron chi connectivity index (χ4n) is 5.53. The van der Waals surface area contributed by atoms with Crippen LogP contribution in [0, 0.1) is 11.2 Å². The average molecular weight is 427 g/mol. The zero-order valence-corrected chi connectivity index (χ0v) is 18.1. The van der Waals surface area contributed by atoms with Gasteiger partial charge < -0.3 is 15.3 Å². The largest absolute Gasteiger partial charge is 0.508 e. The molecule has 2 N–H and O–H groups in total. The van der Waals surface area contributed by atoms with Gasteiger partial charge in [0.15, 0.2) is 0 Å². The molecule has 0 radical (unpaired) electrons. The highest BCUT2D eigenvalue weighted by Gasteiger charge is 2.47. The summed E-state index contributed by atoms with van der Waals surface area (Å²) in [6.07, 6.45) is 2.83. The van der Waals surface area contributed by atoms with Crippen LogP contribution in [0.25, 0.3) is 11.1 Å². The lowest BCUT2D eigenvalue weighted by molar-refractivity contribution is 0.121.